The summed E-state index contributed by atoms with van der Waals surface area (Å²) in [5.41, 5.74) is 1.85. The van der Waals surface area contributed by atoms with Crippen LogP contribution in [0.25, 0.3) is 0 Å². The van der Waals surface area contributed by atoms with Gasteiger partial charge in [0.25, 0.3) is 0 Å². The number of amides is 1. The molecule has 1 aromatic heterocycles. The lowest BCUT2D eigenvalue weighted by atomic mass is 9.89. The number of nitrogens with zero attached hydrogens (tertiary/aromatic N) is 2. The van der Waals surface area contributed by atoms with Crippen LogP contribution in [0.5, 0.6) is 0 Å². The average Bonchev–Trinajstić information content (AvgIpc) is 3.19. The number of anilines is 1. The lowest BCUT2D eigenvalue weighted by Crippen LogP contribution is -2.22. The molecule has 0 radical (unpaired) electrons. The molecule has 138 valence electrons. The molecule has 5 nitrogen and oxygen atoms in total. The maximum Gasteiger partial charge on any atom is 0.322 e. The van der Waals surface area contributed by atoms with Gasteiger partial charge in [-0.1, -0.05) is 85.0 Å². The highest BCUT2D eigenvalue weighted by Crippen LogP contribution is 2.32. The van der Waals surface area contributed by atoms with Gasteiger partial charge >= 0.3 is 6.01 Å². The van der Waals surface area contributed by atoms with Gasteiger partial charge in [0.2, 0.25) is 11.8 Å². The van der Waals surface area contributed by atoms with E-state index in [1.165, 1.54) is 19.3 Å². The molecular weight excluding hydrogens is 338 g/mol. The normalized spacial score (nSPS) is 15.0. The van der Waals surface area contributed by atoms with Crippen molar-refractivity contribution in [2.24, 2.45) is 0 Å². The van der Waals surface area contributed by atoms with E-state index in [1.54, 1.807) is 0 Å². The summed E-state index contributed by atoms with van der Waals surface area (Å²) in [6, 6.07) is 19.6. The van der Waals surface area contributed by atoms with Crippen molar-refractivity contribution in [3.63, 3.8) is 0 Å². The number of nitrogens with one attached hydrogen (secondary N) is 1. The predicted octanol–water partition coefficient (Wildman–Crippen LogP) is 4.89. The summed E-state index contributed by atoms with van der Waals surface area (Å²) < 4.78 is 5.76. The van der Waals surface area contributed by atoms with Crippen LogP contribution in [0.2, 0.25) is 0 Å². The predicted molar refractivity (Wildman–Crippen MR) is 103 cm³/mol. The Morgan fingerprint density at radius 3 is 2.07 bits per heavy atom. The number of carbonyl (C=O) groups is 1. The van der Waals surface area contributed by atoms with E-state index in [9.17, 15) is 4.79 Å². The fraction of sp³-hybridized carbons (Fsp3) is 0.318. The molecule has 1 aliphatic carbocycles. The van der Waals surface area contributed by atoms with E-state index in [-0.39, 0.29) is 11.9 Å². The van der Waals surface area contributed by atoms with Crippen LogP contribution < -0.4 is 5.32 Å². The van der Waals surface area contributed by atoms with E-state index in [2.05, 4.69) is 15.5 Å². The van der Waals surface area contributed by atoms with Crippen LogP contribution in [0.4, 0.5) is 6.01 Å². The molecule has 0 atom stereocenters. The van der Waals surface area contributed by atoms with Gasteiger partial charge in [-0.2, -0.15) is 0 Å². The third kappa shape index (κ3) is 4.08. The molecule has 3 aromatic rings. The number of benzene rings is 2. The molecule has 2 aromatic carbocycles. The maximum atomic E-state index is 13.1. The fourth-order valence-corrected chi connectivity index (χ4v) is 3.76. The van der Waals surface area contributed by atoms with E-state index < -0.39 is 5.92 Å². The van der Waals surface area contributed by atoms with Crippen molar-refractivity contribution in [1.82, 2.24) is 10.2 Å². The molecule has 1 saturated carbocycles. The van der Waals surface area contributed by atoms with Crippen LogP contribution in [0.3, 0.4) is 0 Å². The third-order valence-electron chi connectivity index (χ3n) is 5.15. The zero-order chi connectivity index (χ0) is 18.5. The molecule has 0 bridgehead atoms. The largest absolute Gasteiger partial charge is 0.408 e. The van der Waals surface area contributed by atoms with Crippen LogP contribution in [-0.4, -0.2) is 16.1 Å². The van der Waals surface area contributed by atoms with Gasteiger partial charge in [0.05, 0.1) is 5.92 Å². The molecule has 1 heterocycles. The summed E-state index contributed by atoms with van der Waals surface area (Å²) in [7, 11) is 0. The van der Waals surface area contributed by atoms with E-state index in [0.717, 1.165) is 24.0 Å². The van der Waals surface area contributed by atoms with Gasteiger partial charge in [0.1, 0.15) is 0 Å². The Bertz CT molecular complexity index is 831. The van der Waals surface area contributed by atoms with Crippen LogP contribution >= 0.6 is 0 Å². The second-order valence-corrected chi connectivity index (χ2v) is 7.02. The lowest BCUT2D eigenvalue weighted by Gasteiger charge is -2.18. The third-order valence-corrected chi connectivity index (χ3v) is 5.15. The van der Waals surface area contributed by atoms with Crippen LogP contribution in [0, 0.1) is 0 Å². The number of carbonyl (C=O) groups excluding carboxylic acids is 1. The topological polar surface area (TPSA) is 68.0 Å². The second kappa shape index (κ2) is 8.16. The first-order valence-electron chi connectivity index (χ1n) is 9.55. The number of hydrogen-bond acceptors (Lipinski definition) is 4. The van der Waals surface area contributed by atoms with E-state index in [1.807, 2.05) is 60.7 Å². The molecule has 4 rings (SSSR count). The van der Waals surface area contributed by atoms with Crippen molar-refractivity contribution in [1.29, 1.82) is 0 Å². The summed E-state index contributed by atoms with van der Waals surface area (Å²) in [4.78, 5) is 13.1. The van der Waals surface area contributed by atoms with Crippen molar-refractivity contribution in [3.8, 4) is 0 Å². The first-order valence-corrected chi connectivity index (χ1v) is 9.55. The Labute approximate surface area is 158 Å². The molecule has 1 aliphatic rings. The number of aromatic nitrogens is 2. The SMILES string of the molecule is O=C(Nc1nnc(C2CCCCC2)o1)C(c1ccccc1)c1ccccc1. The Morgan fingerprint density at radius 2 is 1.48 bits per heavy atom. The van der Waals surface area contributed by atoms with Crippen molar-refractivity contribution in [2.45, 2.75) is 43.9 Å². The van der Waals surface area contributed by atoms with E-state index >= 15 is 0 Å². The minimum absolute atomic E-state index is 0.175. The zero-order valence-corrected chi connectivity index (χ0v) is 15.2. The summed E-state index contributed by atoms with van der Waals surface area (Å²) in [6.45, 7) is 0. The minimum Gasteiger partial charge on any atom is -0.408 e. The standard InChI is InChI=1S/C22H23N3O2/c26-20(23-22-25-24-21(27-22)18-14-8-3-9-15-18)19(16-10-4-1-5-11-16)17-12-6-2-7-13-17/h1-2,4-7,10-13,18-19H,3,8-9,14-15H2,(H,23,25,26). The lowest BCUT2D eigenvalue weighted by molar-refractivity contribution is -0.116. The number of hydrogen-bond donors (Lipinski definition) is 1. The monoisotopic (exact) mass is 361 g/mol. The van der Waals surface area contributed by atoms with Gasteiger partial charge in [-0.05, 0) is 24.0 Å². The van der Waals surface area contributed by atoms with Crippen LogP contribution in [0.15, 0.2) is 65.1 Å². The van der Waals surface area contributed by atoms with Crippen molar-refractivity contribution >= 4 is 11.9 Å². The Hall–Kier alpha value is -2.95. The molecule has 1 N–H and O–H groups in total. The molecule has 1 amide bonds. The first kappa shape index (κ1) is 17.5. The maximum absolute atomic E-state index is 13.1. The highest BCUT2D eigenvalue weighted by atomic mass is 16.4. The first-order chi connectivity index (χ1) is 13.3. The Kier molecular flexibility index (Phi) is 5.28. The van der Waals surface area contributed by atoms with Crippen LogP contribution in [-0.2, 0) is 4.79 Å². The second-order valence-electron chi connectivity index (χ2n) is 7.02. The molecule has 27 heavy (non-hydrogen) atoms. The average molecular weight is 361 g/mol. The molecule has 5 heteroatoms. The highest BCUT2D eigenvalue weighted by Gasteiger charge is 2.26. The minimum atomic E-state index is -0.433. The summed E-state index contributed by atoms with van der Waals surface area (Å²) in [6.07, 6.45) is 5.81. The van der Waals surface area contributed by atoms with Crippen molar-refractivity contribution in [2.75, 3.05) is 5.32 Å². The summed E-state index contributed by atoms with van der Waals surface area (Å²) in [5, 5.41) is 11.0. The van der Waals surface area contributed by atoms with Crippen LogP contribution in [0.1, 0.15) is 61.0 Å². The van der Waals surface area contributed by atoms with Gasteiger partial charge in [0.15, 0.2) is 0 Å². The van der Waals surface area contributed by atoms with Crippen molar-refractivity contribution < 1.29 is 9.21 Å². The van der Waals surface area contributed by atoms with E-state index in [0.29, 0.717) is 11.8 Å². The van der Waals surface area contributed by atoms with Gasteiger partial charge in [-0.25, -0.2) is 0 Å². The van der Waals surface area contributed by atoms with E-state index in [4.69, 9.17) is 4.42 Å². The molecule has 0 unspecified atom stereocenters. The summed E-state index contributed by atoms with van der Waals surface area (Å²) in [5.74, 6) is 0.348. The number of rotatable bonds is 5. The molecule has 0 aliphatic heterocycles. The van der Waals surface area contributed by atoms with Gasteiger partial charge < -0.3 is 4.42 Å². The quantitative estimate of drug-likeness (QED) is 0.703. The van der Waals surface area contributed by atoms with Gasteiger partial charge in [0, 0.05) is 5.92 Å². The fourth-order valence-electron chi connectivity index (χ4n) is 3.76. The zero-order valence-electron chi connectivity index (χ0n) is 15.2. The Balaban J connectivity index is 1.55. The van der Waals surface area contributed by atoms with Gasteiger partial charge in [-0.3, -0.25) is 10.1 Å². The summed E-state index contributed by atoms with van der Waals surface area (Å²) >= 11 is 0. The van der Waals surface area contributed by atoms with Crippen molar-refractivity contribution in [3.05, 3.63) is 77.7 Å². The smallest absolute Gasteiger partial charge is 0.322 e. The molecule has 0 saturated heterocycles. The van der Waals surface area contributed by atoms with Gasteiger partial charge in [-0.15, -0.1) is 5.10 Å². The molecule has 0 spiro atoms. The Morgan fingerprint density at radius 1 is 0.889 bits per heavy atom. The highest BCUT2D eigenvalue weighted by molar-refractivity contribution is 5.96. The molecule has 1 fully saturated rings. The molecular formula is C22H23N3O2.